The van der Waals surface area contributed by atoms with Crippen molar-refractivity contribution in [2.24, 2.45) is 5.92 Å². The second-order valence-corrected chi connectivity index (χ2v) is 6.02. The predicted octanol–water partition coefficient (Wildman–Crippen LogP) is 1.12. The van der Waals surface area contributed by atoms with Gasteiger partial charge in [-0.05, 0) is 12.8 Å². The molecule has 0 aromatic rings. The molecule has 0 unspecified atom stereocenters. The van der Waals surface area contributed by atoms with Crippen LogP contribution in [-0.2, 0) is 19.0 Å². The van der Waals surface area contributed by atoms with Crippen LogP contribution in [0.3, 0.4) is 0 Å². The Bertz CT molecular complexity index is 397. The summed E-state index contributed by atoms with van der Waals surface area (Å²) in [5.74, 6) is -0.582. The molecule has 0 bridgehead atoms. The number of nitrogens with zero attached hydrogens (tertiary/aromatic N) is 1. The fourth-order valence-electron chi connectivity index (χ4n) is 2.86. The van der Waals surface area contributed by atoms with Crippen LogP contribution in [-0.4, -0.2) is 61.6 Å². The van der Waals surface area contributed by atoms with Crippen LogP contribution < -0.4 is 5.32 Å². The number of alkyl carbamates (subject to hydrolysis) is 1. The molecule has 1 N–H and O–H groups in total. The Labute approximate surface area is 131 Å². The summed E-state index contributed by atoms with van der Waals surface area (Å²) in [6.07, 6.45) is 0.789. The van der Waals surface area contributed by atoms with Gasteiger partial charge >= 0.3 is 6.09 Å². The lowest BCUT2D eigenvalue weighted by Crippen LogP contribution is -2.55. The lowest BCUT2D eigenvalue weighted by atomic mass is 9.99. The first-order chi connectivity index (χ1) is 10.5. The van der Waals surface area contributed by atoms with Gasteiger partial charge in [-0.15, -0.1) is 0 Å². The zero-order valence-electron chi connectivity index (χ0n) is 13.6. The van der Waals surface area contributed by atoms with E-state index in [9.17, 15) is 9.59 Å². The van der Waals surface area contributed by atoms with Crippen molar-refractivity contribution in [1.82, 2.24) is 10.2 Å². The number of hydrogen-bond donors (Lipinski definition) is 1. The second kappa shape index (κ2) is 7.28. The summed E-state index contributed by atoms with van der Waals surface area (Å²) in [5, 5.41) is 2.66. The molecule has 2 amide bonds. The predicted molar refractivity (Wildman–Crippen MR) is 79.2 cm³/mol. The fourth-order valence-corrected chi connectivity index (χ4v) is 2.86. The number of piperidine rings is 1. The Balaban J connectivity index is 1.92. The van der Waals surface area contributed by atoms with E-state index in [0.717, 1.165) is 0 Å². The third-order valence-electron chi connectivity index (χ3n) is 4.13. The summed E-state index contributed by atoms with van der Waals surface area (Å²) < 4.78 is 16.2. The van der Waals surface area contributed by atoms with Crippen LogP contribution in [0.4, 0.5) is 4.79 Å². The molecule has 0 aliphatic carbocycles. The molecule has 22 heavy (non-hydrogen) atoms. The van der Waals surface area contributed by atoms with E-state index in [2.05, 4.69) is 5.32 Å². The zero-order valence-corrected chi connectivity index (χ0v) is 13.6. The lowest BCUT2D eigenvalue weighted by Gasteiger charge is -2.39. The Morgan fingerprint density at radius 3 is 2.32 bits per heavy atom. The van der Waals surface area contributed by atoms with Crippen molar-refractivity contribution in [1.29, 1.82) is 0 Å². The third kappa shape index (κ3) is 3.89. The van der Waals surface area contributed by atoms with Crippen LogP contribution in [0, 0.1) is 5.92 Å². The van der Waals surface area contributed by atoms with Crippen molar-refractivity contribution < 1.29 is 23.8 Å². The number of carbonyl (C=O) groups excluding carboxylic acids is 2. The average Bonchev–Trinajstić information content (AvgIpc) is 2.93. The number of ether oxygens (including phenoxy) is 3. The Hall–Kier alpha value is -1.34. The van der Waals surface area contributed by atoms with Crippen molar-refractivity contribution >= 4 is 12.0 Å². The Kier molecular flexibility index (Phi) is 5.63. The molecule has 0 saturated carbocycles. The van der Waals surface area contributed by atoms with Crippen LogP contribution >= 0.6 is 0 Å². The van der Waals surface area contributed by atoms with Gasteiger partial charge in [0.2, 0.25) is 5.91 Å². The van der Waals surface area contributed by atoms with Crippen molar-refractivity contribution in [2.45, 2.75) is 45.4 Å². The van der Waals surface area contributed by atoms with Crippen molar-refractivity contribution in [3.8, 4) is 0 Å². The normalized spacial score (nSPS) is 21.9. The first-order valence-corrected chi connectivity index (χ1v) is 7.97. The topological polar surface area (TPSA) is 77.1 Å². The molecule has 2 rings (SSSR count). The Morgan fingerprint density at radius 2 is 1.82 bits per heavy atom. The molecular formula is C15H26N2O5. The zero-order chi connectivity index (χ0) is 16.2. The highest BCUT2D eigenvalue weighted by Gasteiger charge is 2.42. The lowest BCUT2D eigenvalue weighted by molar-refractivity contribution is -0.188. The van der Waals surface area contributed by atoms with Gasteiger partial charge in [0.25, 0.3) is 0 Å². The number of carbonyl (C=O) groups is 2. The summed E-state index contributed by atoms with van der Waals surface area (Å²) in [6, 6.07) is -0.571. The van der Waals surface area contributed by atoms with Gasteiger partial charge in [-0.2, -0.15) is 0 Å². The van der Waals surface area contributed by atoms with Crippen LogP contribution in [0.25, 0.3) is 0 Å². The highest BCUT2D eigenvalue weighted by molar-refractivity contribution is 5.86. The van der Waals surface area contributed by atoms with E-state index in [1.807, 2.05) is 13.8 Å². The summed E-state index contributed by atoms with van der Waals surface area (Å²) in [7, 11) is 0. The molecule has 0 aromatic carbocycles. The molecule has 7 heteroatoms. The summed E-state index contributed by atoms with van der Waals surface area (Å²) in [4.78, 5) is 26.0. The minimum Gasteiger partial charge on any atom is -0.450 e. The van der Waals surface area contributed by atoms with E-state index >= 15 is 0 Å². The maximum atomic E-state index is 12.7. The number of amides is 2. The van der Waals surface area contributed by atoms with E-state index in [0.29, 0.717) is 39.1 Å². The molecule has 2 aliphatic rings. The highest BCUT2D eigenvalue weighted by Crippen LogP contribution is 2.31. The fraction of sp³-hybridized carbons (Fsp3) is 0.867. The monoisotopic (exact) mass is 314 g/mol. The van der Waals surface area contributed by atoms with E-state index in [1.54, 1.807) is 11.8 Å². The second-order valence-electron chi connectivity index (χ2n) is 6.02. The van der Waals surface area contributed by atoms with Gasteiger partial charge < -0.3 is 24.4 Å². The van der Waals surface area contributed by atoms with Crippen LogP contribution in [0.15, 0.2) is 0 Å². The van der Waals surface area contributed by atoms with E-state index in [1.165, 1.54) is 0 Å². The van der Waals surface area contributed by atoms with Gasteiger partial charge in [0, 0.05) is 25.9 Å². The van der Waals surface area contributed by atoms with Crippen LogP contribution in [0.1, 0.15) is 33.6 Å². The van der Waals surface area contributed by atoms with Gasteiger partial charge in [0.15, 0.2) is 5.79 Å². The molecule has 2 heterocycles. The van der Waals surface area contributed by atoms with Crippen LogP contribution in [0.2, 0.25) is 0 Å². The number of nitrogens with one attached hydrogen (secondary N) is 1. The minimum atomic E-state index is -0.571. The molecule has 1 spiro atoms. The number of likely N-dealkylation sites (tertiary alicyclic amines) is 1. The quantitative estimate of drug-likeness (QED) is 0.841. The van der Waals surface area contributed by atoms with Gasteiger partial charge in [0.05, 0.1) is 19.8 Å². The maximum absolute atomic E-state index is 12.7. The van der Waals surface area contributed by atoms with E-state index < -0.39 is 17.9 Å². The molecule has 2 fully saturated rings. The molecule has 2 aliphatic heterocycles. The standard InChI is InChI=1S/C15H26N2O5/c1-4-20-14(19)16-12(11(2)3)13(18)17-7-5-15(6-8-17)21-9-10-22-15/h11-12H,4-10H2,1-3H3,(H,16,19)/t12-/m0/s1. The van der Waals surface area contributed by atoms with Gasteiger partial charge in [-0.1, -0.05) is 13.8 Å². The summed E-state index contributed by atoms with van der Waals surface area (Å²) in [5.41, 5.74) is 0. The third-order valence-corrected chi connectivity index (χ3v) is 4.13. The van der Waals surface area contributed by atoms with Crippen molar-refractivity contribution in [3.63, 3.8) is 0 Å². The average molecular weight is 314 g/mol. The SMILES string of the molecule is CCOC(=O)N[C@H](C(=O)N1CCC2(CC1)OCCO2)C(C)C. The van der Waals surface area contributed by atoms with Crippen LogP contribution in [0.5, 0.6) is 0 Å². The first kappa shape index (κ1) is 17.0. The minimum absolute atomic E-state index is 0.00762. The first-order valence-electron chi connectivity index (χ1n) is 7.97. The summed E-state index contributed by atoms with van der Waals surface area (Å²) >= 11 is 0. The molecule has 0 radical (unpaired) electrons. The van der Waals surface area contributed by atoms with E-state index in [-0.39, 0.29) is 18.4 Å². The van der Waals surface area contributed by atoms with E-state index in [4.69, 9.17) is 14.2 Å². The van der Waals surface area contributed by atoms with Crippen molar-refractivity contribution in [2.75, 3.05) is 32.9 Å². The molecule has 2 saturated heterocycles. The molecular weight excluding hydrogens is 288 g/mol. The van der Waals surface area contributed by atoms with Gasteiger partial charge in [0.1, 0.15) is 6.04 Å². The highest BCUT2D eigenvalue weighted by atomic mass is 16.7. The maximum Gasteiger partial charge on any atom is 0.407 e. The number of hydrogen-bond acceptors (Lipinski definition) is 5. The summed E-state index contributed by atoms with van der Waals surface area (Å²) in [6.45, 7) is 8.22. The largest absolute Gasteiger partial charge is 0.450 e. The molecule has 7 nitrogen and oxygen atoms in total. The number of rotatable bonds is 4. The molecule has 0 aromatic heterocycles. The van der Waals surface area contributed by atoms with Gasteiger partial charge in [-0.25, -0.2) is 4.79 Å². The smallest absolute Gasteiger partial charge is 0.407 e. The van der Waals surface area contributed by atoms with Gasteiger partial charge in [-0.3, -0.25) is 4.79 Å². The molecule has 1 atom stereocenters. The Morgan fingerprint density at radius 1 is 1.23 bits per heavy atom. The van der Waals surface area contributed by atoms with Crippen molar-refractivity contribution in [3.05, 3.63) is 0 Å². The molecule has 126 valence electrons.